The molecule has 5 nitrogen and oxygen atoms in total. The fraction of sp³-hybridized carbons (Fsp3) is 0.267. The maximum atomic E-state index is 12.2. The minimum Gasteiger partial charge on any atom is -0.310 e. The zero-order chi connectivity index (χ0) is 14.7. The summed E-state index contributed by atoms with van der Waals surface area (Å²) in [6.07, 6.45) is 5.55. The standard InChI is InChI=1S/C15H17N3O2S/c19-21(20,18-14-2-1-9-16-11-14)15-7-3-12(4-8-15)10-17-13-5-6-13/h1-4,7-9,11,13,17-18H,5-6,10H2. The monoisotopic (exact) mass is 303 g/mol. The second kappa shape index (κ2) is 5.83. The molecule has 1 aromatic carbocycles. The molecule has 0 amide bonds. The average molecular weight is 303 g/mol. The third kappa shape index (κ3) is 3.80. The summed E-state index contributed by atoms with van der Waals surface area (Å²) in [5, 5.41) is 3.40. The first-order chi connectivity index (χ1) is 10.1. The van der Waals surface area contributed by atoms with Crippen LogP contribution in [0.2, 0.25) is 0 Å². The van der Waals surface area contributed by atoms with E-state index in [0.29, 0.717) is 11.7 Å². The molecule has 0 saturated heterocycles. The largest absolute Gasteiger partial charge is 0.310 e. The molecule has 0 aliphatic heterocycles. The Morgan fingerprint density at radius 2 is 1.90 bits per heavy atom. The van der Waals surface area contributed by atoms with Gasteiger partial charge in [-0.25, -0.2) is 8.42 Å². The normalized spacial score (nSPS) is 14.9. The van der Waals surface area contributed by atoms with Gasteiger partial charge in [0.2, 0.25) is 0 Å². The van der Waals surface area contributed by atoms with Crippen LogP contribution in [0.3, 0.4) is 0 Å². The number of aromatic nitrogens is 1. The van der Waals surface area contributed by atoms with Crippen molar-refractivity contribution >= 4 is 15.7 Å². The van der Waals surface area contributed by atoms with Gasteiger partial charge in [0.05, 0.1) is 16.8 Å². The molecule has 3 rings (SSSR count). The molecule has 1 fully saturated rings. The molecule has 2 N–H and O–H groups in total. The van der Waals surface area contributed by atoms with Gasteiger partial charge in [0, 0.05) is 18.8 Å². The molecule has 1 aromatic heterocycles. The van der Waals surface area contributed by atoms with Crippen molar-refractivity contribution in [2.45, 2.75) is 30.3 Å². The zero-order valence-electron chi connectivity index (χ0n) is 11.5. The highest BCUT2D eigenvalue weighted by Gasteiger charge is 2.20. The van der Waals surface area contributed by atoms with E-state index in [0.717, 1.165) is 12.1 Å². The molecule has 0 spiro atoms. The molecule has 1 saturated carbocycles. The van der Waals surface area contributed by atoms with Crippen LogP contribution in [0.5, 0.6) is 0 Å². The maximum absolute atomic E-state index is 12.2. The van der Waals surface area contributed by atoms with Crippen LogP contribution in [0.25, 0.3) is 0 Å². The van der Waals surface area contributed by atoms with Crippen LogP contribution in [-0.2, 0) is 16.6 Å². The van der Waals surface area contributed by atoms with E-state index in [-0.39, 0.29) is 4.90 Å². The Balaban J connectivity index is 1.69. The highest BCUT2D eigenvalue weighted by atomic mass is 32.2. The van der Waals surface area contributed by atoms with Crippen LogP contribution in [0, 0.1) is 0 Å². The summed E-state index contributed by atoms with van der Waals surface area (Å²) in [7, 11) is -3.56. The maximum Gasteiger partial charge on any atom is 0.261 e. The smallest absolute Gasteiger partial charge is 0.261 e. The predicted octanol–water partition coefficient (Wildman–Crippen LogP) is 2.13. The average Bonchev–Trinajstić information content (AvgIpc) is 3.30. The van der Waals surface area contributed by atoms with Gasteiger partial charge in [-0.2, -0.15) is 0 Å². The summed E-state index contributed by atoms with van der Waals surface area (Å²) in [6, 6.07) is 10.9. The van der Waals surface area contributed by atoms with E-state index in [1.54, 1.807) is 30.5 Å². The second-order valence-corrected chi connectivity index (χ2v) is 6.83. The van der Waals surface area contributed by atoms with Gasteiger partial charge in [-0.3, -0.25) is 9.71 Å². The van der Waals surface area contributed by atoms with Crippen LogP contribution in [-0.4, -0.2) is 19.4 Å². The van der Waals surface area contributed by atoms with E-state index in [2.05, 4.69) is 15.0 Å². The molecule has 0 atom stereocenters. The topological polar surface area (TPSA) is 71.1 Å². The first kappa shape index (κ1) is 14.0. The van der Waals surface area contributed by atoms with E-state index in [1.807, 2.05) is 12.1 Å². The minimum absolute atomic E-state index is 0.251. The summed E-state index contributed by atoms with van der Waals surface area (Å²) >= 11 is 0. The molecule has 1 aliphatic rings. The number of hydrogen-bond donors (Lipinski definition) is 2. The van der Waals surface area contributed by atoms with Gasteiger partial charge < -0.3 is 5.32 Å². The Morgan fingerprint density at radius 3 is 2.52 bits per heavy atom. The van der Waals surface area contributed by atoms with Gasteiger partial charge in [0.1, 0.15) is 0 Å². The van der Waals surface area contributed by atoms with Crippen molar-refractivity contribution in [3.05, 3.63) is 54.4 Å². The van der Waals surface area contributed by atoms with Crippen molar-refractivity contribution in [2.24, 2.45) is 0 Å². The lowest BCUT2D eigenvalue weighted by molar-refractivity contribution is 0.601. The van der Waals surface area contributed by atoms with E-state index in [9.17, 15) is 8.42 Å². The van der Waals surface area contributed by atoms with Crippen molar-refractivity contribution in [3.8, 4) is 0 Å². The second-order valence-electron chi connectivity index (χ2n) is 5.15. The van der Waals surface area contributed by atoms with Crippen LogP contribution in [0.15, 0.2) is 53.7 Å². The third-order valence-electron chi connectivity index (χ3n) is 3.32. The SMILES string of the molecule is O=S(=O)(Nc1cccnc1)c1ccc(CNC2CC2)cc1. The van der Waals surface area contributed by atoms with Gasteiger partial charge in [-0.15, -0.1) is 0 Å². The fourth-order valence-corrected chi connectivity index (χ4v) is 3.02. The molecule has 1 aliphatic carbocycles. The number of hydrogen-bond acceptors (Lipinski definition) is 4. The lowest BCUT2D eigenvalue weighted by atomic mass is 10.2. The first-order valence-corrected chi connectivity index (χ1v) is 8.37. The molecule has 6 heteroatoms. The number of benzene rings is 1. The lowest BCUT2D eigenvalue weighted by Crippen LogP contribution is -2.16. The quantitative estimate of drug-likeness (QED) is 0.857. The van der Waals surface area contributed by atoms with E-state index in [1.165, 1.54) is 19.0 Å². The molecule has 0 radical (unpaired) electrons. The number of anilines is 1. The predicted molar refractivity (Wildman–Crippen MR) is 81.3 cm³/mol. The van der Waals surface area contributed by atoms with Crippen LogP contribution < -0.4 is 10.0 Å². The number of sulfonamides is 1. The van der Waals surface area contributed by atoms with E-state index >= 15 is 0 Å². The van der Waals surface area contributed by atoms with Gasteiger partial charge in [0.15, 0.2) is 0 Å². The summed E-state index contributed by atoms with van der Waals surface area (Å²) in [5.74, 6) is 0. The van der Waals surface area contributed by atoms with Gasteiger partial charge in [-0.05, 0) is 42.7 Å². The zero-order valence-corrected chi connectivity index (χ0v) is 12.3. The summed E-state index contributed by atoms with van der Waals surface area (Å²) < 4.78 is 27.0. The van der Waals surface area contributed by atoms with Crippen LogP contribution in [0.1, 0.15) is 18.4 Å². The number of nitrogens with zero attached hydrogens (tertiary/aromatic N) is 1. The number of rotatable bonds is 6. The van der Waals surface area contributed by atoms with Crippen molar-refractivity contribution < 1.29 is 8.42 Å². The van der Waals surface area contributed by atoms with Crippen molar-refractivity contribution in [1.29, 1.82) is 0 Å². The third-order valence-corrected chi connectivity index (χ3v) is 4.72. The first-order valence-electron chi connectivity index (χ1n) is 6.89. The van der Waals surface area contributed by atoms with Gasteiger partial charge in [-0.1, -0.05) is 12.1 Å². The number of nitrogens with one attached hydrogen (secondary N) is 2. The molecule has 1 heterocycles. The Kier molecular flexibility index (Phi) is 3.90. The van der Waals surface area contributed by atoms with Crippen molar-refractivity contribution in [3.63, 3.8) is 0 Å². The van der Waals surface area contributed by atoms with E-state index < -0.39 is 10.0 Å². The van der Waals surface area contributed by atoms with Gasteiger partial charge in [0.25, 0.3) is 10.0 Å². The molecule has 110 valence electrons. The summed E-state index contributed by atoms with van der Waals surface area (Å²) in [5.41, 5.74) is 1.54. The van der Waals surface area contributed by atoms with Crippen molar-refractivity contribution in [2.75, 3.05) is 4.72 Å². The molecule has 0 unspecified atom stereocenters. The van der Waals surface area contributed by atoms with Crippen molar-refractivity contribution in [1.82, 2.24) is 10.3 Å². The Labute approximate surface area is 124 Å². The number of pyridine rings is 1. The highest BCUT2D eigenvalue weighted by Crippen LogP contribution is 2.20. The Bertz CT molecular complexity index is 695. The highest BCUT2D eigenvalue weighted by molar-refractivity contribution is 7.92. The van der Waals surface area contributed by atoms with Crippen LogP contribution >= 0.6 is 0 Å². The fourth-order valence-electron chi connectivity index (χ4n) is 1.97. The van der Waals surface area contributed by atoms with Gasteiger partial charge >= 0.3 is 0 Å². The molecule has 21 heavy (non-hydrogen) atoms. The van der Waals surface area contributed by atoms with Crippen LogP contribution in [0.4, 0.5) is 5.69 Å². The molecular formula is C15H17N3O2S. The Morgan fingerprint density at radius 1 is 1.14 bits per heavy atom. The minimum atomic E-state index is -3.56. The summed E-state index contributed by atoms with van der Waals surface area (Å²) in [6.45, 7) is 0.779. The molecule has 2 aromatic rings. The summed E-state index contributed by atoms with van der Waals surface area (Å²) in [4.78, 5) is 4.14. The molecular weight excluding hydrogens is 286 g/mol. The Hall–Kier alpha value is -1.92. The lowest BCUT2D eigenvalue weighted by Gasteiger charge is -2.08. The molecule has 0 bridgehead atoms. The van der Waals surface area contributed by atoms with E-state index in [4.69, 9.17) is 0 Å².